The minimum atomic E-state index is -0.736. The minimum absolute atomic E-state index is 0.0370. The maximum atomic E-state index is 12.0. The summed E-state index contributed by atoms with van der Waals surface area (Å²) in [4.78, 5) is 24.6. The Kier molecular flexibility index (Phi) is 3.49. The number of ether oxygens (including phenoxy) is 1. The van der Waals surface area contributed by atoms with Crippen LogP contribution in [0.25, 0.3) is 0 Å². The first-order valence-electron chi connectivity index (χ1n) is 6.92. The average molecular weight is 269 g/mol. The first-order valence-corrected chi connectivity index (χ1v) is 6.92. The van der Waals surface area contributed by atoms with E-state index in [4.69, 9.17) is 9.84 Å². The lowest BCUT2D eigenvalue weighted by molar-refractivity contribution is -0.141. The number of hydrogen-bond acceptors (Lipinski definition) is 3. The molecule has 2 fully saturated rings. The van der Waals surface area contributed by atoms with E-state index in [1.165, 1.54) is 0 Å². The van der Waals surface area contributed by atoms with Crippen LogP contribution in [0.4, 0.5) is 4.79 Å². The summed E-state index contributed by atoms with van der Waals surface area (Å²) in [6, 6.07) is 0. The van der Waals surface area contributed by atoms with Crippen molar-refractivity contribution < 1.29 is 19.4 Å². The van der Waals surface area contributed by atoms with Gasteiger partial charge in [0.2, 0.25) is 0 Å². The van der Waals surface area contributed by atoms with Gasteiger partial charge >= 0.3 is 12.1 Å². The zero-order valence-corrected chi connectivity index (χ0v) is 11.9. The van der Waals surface area contributed by atoms with Crippen LogP contribution < -0.4 is 0 Å². The molecule has 2 atom stereocenters. The molecule has 19 heavy (non-hydrogen) atoms. The molecular weight excluding hydrogens is 246 g/mol. The van der Waals surface area contributed by atoms with Crippen molar-refractivity contribution in [2.75, 3.05) is 13.1 Å². The van der Waals surface area contributed by atoms with Gasteiger partial charge in [-0.1, -0.05) is 0 Å². The van der Waals surface area contributed by atoms with Gasteiger partial charge in [-0.25, -0.2) is 4.79 Å². The molecule has 1 aliphatic heterocycles. The van der Waals surface area contributed by atoms with Crippen molar-refractivity contribution in [3.63, 3.8) is 0 Å². The van der Waals surface area contributed by atoms with Crippen LogP contribution in [0.15, 0.2) is 0 Å². The number of nitrogens with zero attached hydrogens (tertiary/aromatic N) is 1. The van der Waals surface area contributed by atoms with Crippen LogP contribution in [0.5, 0.6) is 0 Å². The maximum absolute atomic E-state index is 12.0. The molecule has 5 nitrogen and oxygen atoms in total. The molecule has 1 spiro atoms. The first kappa shape index (κ1) is 14.2. The quantitative estimate of drug-likeness (QED) is 0.836. The summed E-state index contributed by atoms with van der Waals surface area (Å²) in [6.45, 7) is 6.90. The minimum Gasteiger partial charge on any atom is -0.481 e. The zero-order valence-electron chi connectivity index (χ0n) is 11.9. The Hall–Kier alpha value is -1.26. The third kappa shape index (κ3) is 3.01. The van der Waals surface area contributed by atoms with E-state index in [0.29, 0.717) is 13.1 Å². The van der Waals surface area contributed by atoms with Gasteiger partial charge in [-0.2, -0.15) is 0 Å². The molecule has 1 amide bonds. The van der Waals surface area contributed by atoms with Crippen LogP contribution in [0.2, 0.25) is 0 Å². The maximum Gasteiger partial charge on any atom is 0.410 e. The van der Waals surface area contributed by atoms with Crippen LogP contribution in [-0.2, 0) is 9.53 Å². The van der Waals surface area contributed by atoms with Crippen LogP contribution in [-0.4, -0.2) is 40.8 Å². The molecule has 1 saturated carbocycles. The van der Waals surface area contributed by atoms with Crippen molar-refractivity contribution in [2.24, 2.45) is 11.3 Å². The Morgan fingerprint density at radius 2 is 2.05 bits per heavy atom. The number of carboxylic acid groups (broad SMARTS) is 1. The highest BCUT2D eigenvalue weighted by molar-refractivity contribution is 5.69. The van der Waals surface area contributed by atoms with E-state index in [1.54, 1.807) is 4.90 Å². The van der Waals surface area contributed by atoms with Crippen molar-refractivity contribution in [2.45, 2.75) is 52.1 Å². The Morgan fingerprint density at radius 1 is 1.37 bits per heavy atom. The number of aliphatic carboxylic acids is 1. The topological polar surface area (TPSA) is 66.8 Å². The van der Waals surface area contributed by atoms with E-state index in [0.717, 1.165) is 19.3 Å². The number of likely N-dealkylation sites (tertiary alicyclic amines) is 1. The third-order valence-corrected chi connectivity index (χ3v) is 4.31. The Morgan fingerprint density at radius 3 is 2.53 bits per heavy atom. The SMILES string of the molecule is CC(C)(C)OC(=O)N1CCC2(CCC2CC(=O)O)C1. The second kappa shape index (κ2) is 4.69. The average Bonchev–Trinajstić information content (AvgIpc) is 2.69. The van der Waals surface area contributed by atoms with Gasteiger partial charge in [0.05, 0.1) is 0 Å². The highest BCUT2D eigenvalue weighted by Crippen LogP contribution is 2.54. The van der Waals surface area contributed by atoms with Crippen molar-refractivity contribution >= 4 is 12.1 Å². The summed E-state index contributed by atoms with van der Waals surface area (Å²) < 4.78 is 5.37. The lowest BCUT2D eigenvalue weighted by Crippen LogP contribution is -2.45. The van der Waals surface area contributed by atoms with Gasteiger partial charge in [0.1, 0.15) is 5.60 Å². The molecule has 0 aromatic carbocycles. The molecule has 0 radical (unpaired) electrons. The fourth-order valence-corrected chi connectivity index (χ4v) is 3.20. The summed E-state index contributed by atoms with van der Waals surface area (Å²) in [7, 11) is 0. The molecule has 2 unspecified atom stereocenters. The van der Waals surface area contributed by atoms with E-state index < -0.39 is 11.6 Å². The Bertz CT molecular complexity index is 387. The van der Waals surface area contributed by atoms with Gasteiger partial charge < -0.3 is 14.7 Å². The Labute approximate surface area is 113 Å². The standard InChI is InChI=1S/C14H23NO4/c1-13(2,3)19-12(18)15-7-6-14(9-15)5-4-10(14)8-11(16)17/h10H,4-9H2,1-3H3,(H,16,17). The van der Waals surface area contributed by atoms with Gasteiger partial charge in [-0.05, 0) is 51.4 Å². The number of carbonyl (C=O) groups excluding carboxylic acids is 1. The summed E-state index contributed by atoms with van der Waals surface area (Å²) in [5.41, 5.74) is -0.442. The van der Waals surface area contributed by atoms with Crippen molar-refractivity contribution in [3.05, 3.63) is 0 Å². The second-order valence-electron chi connectivity index (χ2n) is 6.85. The van der Waals surface area contributed by atoms with Crippen LogP contribution in [0.1, 0.15) is 46.5 Å². The molecule has 2 aliphatic rings. The number of amides is 1. The van der Waals surface area contributed by atoms with E-state index in [9.17, 15) is 9.59 Å². The molecule has 1 heterocycles. The van der Waals surface area contributed by atoms with Crippen LogP contribution >= 0.6 is 0 Å². The molecule has 1 aliphatic carbocycles. The summed E-state index contributed by atoms with van der Waals surface area (Å²) in [5, 5.41) is 8.92. The van der Waals surface area contributed by atoms with E-state index in [-0.39, 0.29) is 23.8 Å². The molecule has 0 aromatic rings. The van der Waals surface area contributed by atoms with Gasteiger partial charge in [0.15, 0.2) is 0 Å². The van der Waals surface area contributed by atoms with E-state index >= 15 is 0 Å². The predicted molar refractivity (Wildman–Crippen MR) is 69.8 cm³/mol. The lowest BCUT2D eigenvalue weighted by atomic mass is 9.58. The van der Waals surface area contributed by atoms with Gasteiger partial charge in [-0.15, -0.1) is 0 Å². The van der Waals surface area contributed by atoms with Crippen molar-refractivity contribution in [1.29, 1.82) is 0 Å². The van der Waals surface area contributed by atoms with Crippen molar-refractivity contribution in [1.82, 2.24) is 4.90 Å². The van der Waals surface area contributed by atoms with Crippen molar-refractivity contribution in [3.8, 4) is 0 Å². The molecular formula is C14H23NO4. The summed E-state index contributed by atoms with van der Waals surface area (Å²) >= 11 is 0. The number of rotatable bonds is 2. The van der Waals surface area contributed by atoms with Gasteiger partial charge in [0.25, 0.3) is 0 Å². The number of carboxylic acids is 1. The predicted octanol–water partition coefficient (Wildman–Crippen LogP) is 2.50. The monoisotopic (exact) mass is 269 g/mol. The first-order chi connectivity index (χ1) is 8.72. The number of carbonyl (C=O) groups is 2. The molecule has 1 N–H and O–H groups in total. The summed E-state index contributed by atoms with van der Waals surface area (Å²) in [5.74, 6) is -0.516. The third-order valence-electron chi connectivity index (χ3n) is 4.31. The molecule has 108 valence electrons. The molecule has 5 heteroatoms. The van der Waals surface area contributed by atoms with Crippen LogP contribution in [0.3, 0.4) is 0 Å². The fraction of sp³-hybridized carbons (Fsp3) is 0.857. The molecule has 2 rings (SSSR count). The zero-order chi connectivity index (χ0) is 14.3. The lowest BCUT2D eigenvalue weighted by Gasteiger charge is -2.46. The van der Waals surface area contributed by atoms with Gasteiger partial charge in [-0.3, -0.25) is 4.79 Å². The fourth-order valence-electron chi connectivity index (χ4n) is 3.20. The molecule has 1 saturated heterocycles. The molecule has 0 bridgehead atoms. The largest absolute Gasteiger partial charge is 0.481 e. The normalized spacial score (nSPS) is 30.3. The second-order valence-corrected chi connectivity index (χ2v) is 6.85. The molecule has 0 aromatic heterocycles. The highest BCUT2D eigenvalue weighted by atomic mass is 16.6. The smallest absolute Gasteiger partial charge is 0.410 e. The summed E-state index contributed by atoms with van der Waals surface area (Å²) in [6.07, 6.45) is 2.86. The Balaban J connectivity index is 1.93. The van der Waals surface area contributed by atoms with E-state index in [2.05, 4.69) is 0 Å². The number of hydrogen-bond donors (Lipinski definition) is 1. The highest BCUT2D eigenvalue weighted by Gasteiger charge is 2.52. The van der Waals surface area contributed by atoms with E-state index in [1.807, 2.05) is 20.8 Å². The van der Waals surface area contributed by atoms with Crippen LogP contribution in [0, 0.1) is 11.3 Å². The van der Waals surface area contributed by atoms with Gasteiger partial charge in [0, 0.05) is 19.5 Å².